The van der Waals surface area contributed by atoms with Crippen LogP contribution >= 0.6 is 12.6 Å². The van der Waals surface area contributed by atoms with E-state index in [-0.39, 0.29) is 10.6 Å². The first kappa shape index (κ1) is 19.8. The molecule has 140 valence electrons. The lowest BCUT2D eigenvalue weighted by molar-refractivity contribution is 0.205. The summed E-state index contributed by atoms with van der Waals surface area (Å²) in [5.41, 5.74) is 0.926. The van der Waals surface area contributed by atoms with Crippen molar-refractivity contribution in [1.82, 2.24) is 5.16 Å². The lowest BCUT2D eigenvalue weighted by Gasteiger charge is -2.25. The van der Waals surface area contributed by atoms with Gasteiger partial charge in [-0.25, -0.2) is 4.79 Å². The summed E-state index contributed by atoms with van der Waals surface area (Å²) in [5.74, 6) is 0.998. The predicted molar refractivity (Wildman–Crippen MR) is 105 cm³/mol. The van der Waals surface area contributed by atoms with Gasteiger partial charge in [-0.15, -0.1) is 12.6 Å². The highest BCUT2D eigenvalue weighted by Crippen LogP contribution is 2.25. The maximum Gasteiger partial charge on any atom is 0.324 e. The van der Waals surface area contributed by atoms with Crippen molar-refractivity contribution in [2.75, 3.05) is 15.5 Å². The van der Waals surface area contributed by atoms with Crippen LogP contribution in [0.2, 0.25) is 0 Å². The van der Waals surface area contributed by atoms with E-state index >= 15 is 0 Å². The summed E-state index contributed by atoms with van der Waals surface area (Å²) in [6, 6.07) is 7.87. The molecule has 0 aliphatic rings. The van der Waals surface area contributed by atoms with E-state index in [1.54, 1.807) is 30.3 Å². The lowest BCUT2D eigenvalue weighted by Crippen LogP contribution is -2.35. The van der Waals surface area contributed by atoms with Gasteiger partial charge in [-0.05, 0) is 31.2 Å². The van der Waals surface area contributed by atoms with E-state index < -0.39 is 12.3 Å². The zero-order valence-electron chi connectivity index (χ0n) is 15.1. The van der Waals surface area contributed by atoms with Crippen LogP contribution < -0.4 is 15.5 Å². The number of anilines is 3. The second kappa shape index (κ2) is 7.79. The molecule has 0 spiro atoms. The zero-order valence-corrected chi connectivity index (χ0v) is 16.0. The highest BCUT2D eigenvalue weighted by atomic mass is 32.1. The Kier molecular flexibility index (Phi) is 5.94. The van der Waals surface area contributed by atoms with Crippen LogP contribution in [0.5, 0.6) is 0 Å². The van der Waals surface area contributed by atoms with Gasteiger partial charge < -0.3 is 14.9 Å². The van der Waals surface area contributed by atoms with E-state index in [0.29, 0.717) is 23.0 Å². The molecule has 0 bridgehead atoms. The minimum Gasteiger partial charge on any atom is -0.373 e. The molecule has 0 saturated heterocycles. The first-order valence-corrected chi connectivity index (χ1v) is 8.42. The molecule has 1 unspecified atom stereocenters. The second-order valence-corrected chi connectivity index (χ2v) is 7.20. The van der Waals surface area contributed by atoms with Crippen LogP contribution in [0.1, 0.15) is 33.5 Å². The zero-order chi connectivity index (χ0) is 19.5. The fraction of sp³-hybridized carbons (Fsp3) is 0.353. The standard InChI is InChI=1S/C17H23N5O3S/c1-10(23)22(15(18)26)12-7-5-11(6-8-12)19-16(24)20-14-9-13(25-21-14)17(2,3)4/h5-10,23H,1-4H3,(H2,18,26)(H2,19,20,21,24). The largest absolute Gasteiger partial charge is 0.373 e. The molecule has 0 radical (unpaired) electrons. The van der Waals surface area contributed by atoms with Gasteiger partial charge in [-0.3, -0.25) is 15.6 Å². The summed E-state index contributed by atoms with van der Waals surface area (Å²) in [6.07, 6.45) is -0.897. The molecule has 1 aromatic carbocycles. The van der Waals surface area contributed by atoms with Crippen molar-refractivity contribution in [3.8, 4) is 0 Å². The van der Waals surface area contributed by atoms with Gasteiger partial charge in [-0.2, -0.15) is 0 Å². The van der Waals surface area contributed by atoms with Crippen molar-refractivity contribution in [2.45, 2.75) is 39.3 Å². The number of carbonyl (C=O) groups excluding carboxylic acids is 1. The molecule has 8 nitrogen and oxygen atoms in total. The van der Waals surface area contributed by atoms with Crippen LogP contribution in [0.15, 0.2) is 34.9 Å². The van der Waals surface area contributed by atoms with Crippen LogP contribution in [0, 0.1) is 5.41 Å². The van der Waals surface area contributed by atoms with Crippen molar-refractivity contribution >= 4 is 41.0 Å². The van der Waals surface area contributed by atoms with Gasteiger partial charge in [0.25, 0.3) is 0 Å². The number of carbonyl (C=O) groups is 1. The van der Waals surface area contributed by atoms with Crippen molar-refractivity contribution in [3.63, 3.8) is 0 Å². The van der Waals surface area contributed by atoms with Gasteiger partial charge in [0, 0.05) is 22.9 Å². The van der Waals surface area contributed by atoms with Crippen LogP contribution in [-0.2, 0) is 5.41 Å². The number of rotatable bonds is 4. The summed E-state index contributed by atoms with van der Waals surface area (Å²) in [5, 5.41) is 26.3. The van der Waals surface area contributed by atoms with Crippen LogP contribution in [0.3, 0.4) is 0 Å². The fourth-order valence-electron chi connectivity index (χ4n) is 2.19. The topological polar surface area (TPSA) is 114 Å². The summed E-state index contributed by atoms with van der Waals surface area (Å²) >= 11 is 3.96. The molecule has 2 amide bonds. The van der Waals surface area contributed by atoms with Crippen LogP contribution in [0.4, 0.5) is 22.0 Å². The van der Waals surface area contributed by atoms with E-state index in [1.807, 2.05) is 20.8 Å². The third-order valence-electron chi connectivity index (χ3n) is 3.50. The number of benzene rings is 1. The first-order chi connectivity index (χ1) is 12.1. The number of aliphatic hydroxyl groups is 1. The van der Waals surface area contributed by atoms with Crippen LogP contribution in [0.25, 0.3) is 0 Å². The molecule has 4 N–H and O–H groups in total. The highest BCUT2D eigenvalue weighted by Gasteiger charge is 2.20. The Hall–Kier alpha value is -2.52. The maximum absolute atomic E-state index is 12.1. The Morgan fingerprint density at radius 2 is 1.92 bits per heavy atom. The Bertz CT molecular complexity index is 780. The third-order valence-corrected chi connectivity index (χ3v) is 3.71. The SMILES string of the molecule is CC(O)N(C(=N)S)c1ccc(NC(=O)Nc2cc(C(C)(C)C)on2)cc1. The molecular formula is C17H23N5O3S. The first-order valence-electron chi connectivity index (χ1n) is 7.98. The van der Waals surface area contributed by atoms with E-state index in [1.165, 1.54) is 11.8 Å². The lowest BCUT2D eigenvalue weighted by atomic mass is 9.93. The van der Waals surface area contributed by atoms with Gasteiger partial charge in [0.1, 0.15) is 12.0 Å². The minimum atomic E-state index is -0.897. The number of thiol groups is 1. The van der Waals surface area contributed by atoms with Crippen molar-refractivity contribution in [3.05, 3.63) is 36.1 Å². The van der Waals surface area contributed by atoms with Crippen LogP contribution in [-0.4, -0.2) is 27.7 Å². The molecule has 0 saturated carbocycles. The molecule has 1 heterocycles. The van der Waals surface area contributed by atoms with Gasteiger partial charge in [0.05, 0.1) is 0 Å². The average Bonchev–Trinajstić information content (AvgIpc) is 2.97. The number of nitrogens with one attached hydrogen (secondary N) is 3. The van der Waals surface area contributed by atoms with Gasteiger partial charge in [0.2, 0.25) is 0 Å². The maximum atomic E-state index is 12.1. The molecule has 1 atom stereocenters. The fourth-order valence-corrected chi connectivity index (χ4v) is 2.47. The monoisotopic (exact) mass is 377 g/mol. The minimum absolute atomic E-state index is 0.0841. The second-order valence-electron chi connectivity index (χ2n) is 6.78. The molecule has 2 aromatic rings. The predicted octanol–water partition coefficient (Wildman–Crippen LogP) is 3.63. The van der Waals surface area contributed by atoms with Crippen molar-refractivity contribution in [1.29, 1.82) is 5.41 Å². The number of urea groups is 1. The van der Waals surface area contributed by atoms with Gasteiger partial charge in [0.15, 0.2) is 11.0 Å². The summed E-state index contributed by atoms with van der Waals surface area (Å²) < 4.78 is 5.22. The molecule has 2 rings (SSSR count). The normalized spacial score (nSPS) is 12.4. The number of hydrogen-bond donors (Lipinski definition) is 5. The molecule has 0 aliphatic heterocycles. The molecule has 0 aliphatic carbocycles. The molecular weight excluding hydrogens is 354 g/mol. The number of hydrogen-bond acceptors (Lipinski definition) is 5. The Balaban J connectivity index is 2.01. The van der Waals surface area contributed by atoms with E-state index in [2.05, 4.69) is 28.4 Å². The van der Waals surface area contributed by atoms with Gasteiger partial charge >= 0.3 is 6.03 Å². The molecule has 1 aromatic heterocycles. The summed E-state index contributed by atoms with van der Waals surface area (Å²) in [6.45, 7) is 7.49. The number of aliphatic hydroxyl groups excluding tert-OH is 1. The average molecular weight is 377 g/mol. The summed E-state index contributed by atoms with van der Waals surface area (Å²) in [4.78, 5) is 13.4. The van der Waals surface area contributed by atoms with Gasteiger partial charge in [-0.1, -0.05) is 25.9 Å². The van der Waals surface area contributed by atoms with E-state index in [9.17, 15) is 9.90 Å². The third kappa shape index (κ3) is 4.99. The Labute approximate surface area is 157 Å². The Morgan fingerprint density at radius 3 is 2.38 bits per heavy atom. The Morgan fingerprint density at radius 1 is 1.31 bits per heavy atom. The summed E-state index contributed by atoms with van der Waals surface area (Å²) in [7, 11) is 0. The molecule has 9 heteroatoms. The number of aromatic nitrogens is 1. The smallest absolute Gasteiger partial charge is 0.324 e. The van der Waals surface area contributed by atoms with Crippen molar-refractivity contribution in [2.24, 2.45) is 0 Å². The number of amides is 2. The van der Waals surface area contributed by atoms with E-state index in [0.717, 1.165) is 0 Å². The molecule has 26 heavy (non-hydrogen) atoms. The van der Waals surface area contributed by atoms with Crippen molar-refractivity contribution < 1.29 is 14.4 Å². The van der Waals surface area contributed by atoms with E-state index in [4.69, 9.17) is 9.93 Å². The quantitative estimate of drug-likeness (QED) is 0.242. The number of amidine groups is 1. The molecule has 0 fully saturated rings. The highest BCUT2D eigenvalue weighted by molar-refractivity contribution is 7.97. The number of nitrogens with zero attached hydrogens (tertiary/aromatic N) is 2.